The Labute approximate surface area is 164 Å². The summed E-state index contributed by atoms with van der Waals surface area (Å²) in [5, 5.41) is 11.1. The van der Waals surface area contributed by atoms with E-state index in [4.69, 9.17) is 9.47 Å². The van der Waals surface area contributed by atoms with Crippen molar-refractivity contribution >= 4 is 28.4 Å². The molecule has 3 aromatic rings. The maximum absolute atomic E-state index is 14.4. The SMILES string of the molecule is CC.COc1cc2ncc(F)c(Sc3ccc([N+](=O)[O-])cc3F)c2cc1OC. The molecule has 28 heavy (non-hydrogen) atoms. The van der Waals surface area contributed by atoms with Crippen molar-refractivity contribution in [2.75, 3.05) is 14.2 Å². The number of rotatable bonds is 5. The van der Waals surface area contributed by atoms with Crippen molar-refractivity contribution in [3.63, 3.8) is 0 Å². The van der Waals surface area contributed by atoms with Crippen LogP contribution < -0.4 is 9.47 Å². The van der Waals surface area contributed by atoms with E-state index in [0.29, 0.717) is 22.4 Å². The van der Waals surface area contributed by atoms with E-state index in [2.05, 4.69) is 4.98 Å². The van der Waals surface area contributed by atoms with Crippen molar-refractivity contribution in [2.24, 2.45) is 0 Å². The number of ether oxygens (including phenoxy) is 2. The molecule has 148 valence electrons. The fraction of sp³-hybridized carbons (Fsp3) is 0.211. The van der Waals surface area contributed by atoms with Gasteiger partial charge in [-0.05, 0) is 12.1 Å². The van der Waals surface area contributed by atoms with Gasteiger partial charge in [0.15, 0.2) is 17.3 Å². The molecule has 1 heterocycles. The summed E-state index contributed by atoms with van der Waals surface area (Å²) in [4.78, 5) is 14.2. The van der Waals surface area contributed by atoms with E-state index in [-0.39, 0.29) is 15.5 Å². The molecule has 0 unspecified atom stereocenters. The molecule has 0 spiro atoms. The minimum atomic E-state index is -0.811. The lowest BCUT2D eigenvalue weighted by atomic mass is 10.2. The van der Waals surface area contributed by atoms with Crippen LogP contribution in [-0.2, 0) is 0 Å². The van der Waals surface area contributed by atoms with Crippen molar-refractivity contribution in [3.05, 3.63) is 58.3 Å². The summed E-state index contributed by atoms with van der Waals surface area (Å²) in [6.45, 7) is 4.00. The van der Waals surface area contributed by atoms with Gasteiger partial charge in [0.25, 0.3) is 5.69 Å². The molecule has 3 rings (SSSR count). The Morgan fingerprint density at radius 1 is 1.04 bits per heavy atom. The summed E-state index contributed by atoms with van der Waals surface area (Å²) in [5.41, 5.74) is 0.0622. The summed E-state index contributed by atoms with van der Waals surface area (Å²) in [6.07, 6.45) is 1.03. The third-order valence-corrected chi connectivity index (χ3v) is 4.79. The van der Waals surface area contributed by atoms with Gasteiger partial charge in [0.05, 0.1) is 41.8 Å². The molecule has 0 N–H and O–H groups in total. The van der Waals surface area contributed by atoms with Crippen molar-refractivity contribution in [1.29, 1.82) is 0 Å². The molecule has 0 bridgehead atoms. The van der Waals surface area contributed by atoms with Crippen LogP contribution in [0.2, 0.25) is 0 Å². The number of non-ortho nitro benzene ring substituents is 1. The maximum atomic E-state index is 14.4. The zero-order chi connectivity index (χ0) is 20.8. The summed E-state index contributed by atoms with van der Waals surface area (Å²) < 4.78 is 39.0. The molecule has 6 nitrogen and oxygen atoms in total. The Kier molecular flexibility index (Phi) is 7.11. The molecule has 0 radical (unpaired) electrons. The molecule has 0 amide bonds. The number of nitro benzene ring substituents is 1. The number of pyridine rings is 1. The Morgan fingerprint density at radius 3 is 2.25 bits per heavy atom. The van der Waals surface area contributed by atoms with Gasteiger partial charge in [0.1, 0.15) is 5.82 Å². The number of hydrogen-bond donors (Lipinski definition) is 0. The third-order valence-electron chi connectivity index (χ3n) is 3.62. The standard InChI is InChI=1S/C17H12F2N2O4S.C2H6/c1-24-14-6-10-13(7-15(14)25-2)20-8-12(19)17(10)26-16-4-3-9(21(22)23)5-11(16)18;1-2/h3-8H,1-2H3;1-2H3. The highest BCUT2D eigenvalue weighted by atomic mass is 32.2. The van der Waals surface area contributed by atoms with Crippen LogP contribution in [0.5, 0.6) is 11.5 Å². The fourth-order valence-corrected chi connectivity index (χ4v) is 3.31. The van der Waals surface area contributed by atoms with Crippen LogP contribution in [0.15, 0.2) is 46.3 Å². The molecule has 2 aromatic carbocycles. The van der Waals surface area contributed by atoms with Gasteiger partial charge in [-0.15, -0.1) is 0 Å². The van der Waals surface area contributed by atoms with Crippen LogP contribution >= 0.6 is 11.8 Å². The zero-order valence-electron chi connectivity index (χ0n) is 15.7. The number of halogens is 2. The van der Waals surface area contributed by atoms with E-state index in [1.54, 1.807) is 12.1 Å². The van der Waals surface area contributed by atoms with E-state index in [1.807, 2.05) is 13.8 Å². The van der Waals surface area contributed by atoms with Crippen LogP contribution in [0, 0.1) is 21.7 Å². The number of hydrogen-bond acceptors (Lipinski definition) is 6. The largest absolute Gasteiger partial charge is 0.493 e. The number of nitro groups is 1. The van der Waals surface area contributed by atoms with Crippen molar-refractivity contribution in [1.82, 2.24) is 4.98 Å². The van der Waals surface area contributed by atoms with E-state index >= 15 is 0 Å². The van der Waals surface area contributed by atoms with Crippen molar-refractivity contribution in [2.45, 2.75) is 23.6 Å². The highest BCUT2D eigenvalue weighted by Crippen LogP contribution is 2.40. The molecule has 1 aromatic heterocycles. The zero-order valence-corrected chi connectivity index (χ0v) is 16.5. The smallest absolute Gasteiger partial charge is 0.272 e. The third kappa shape index (κ3) is 4.30. The first-order valence-electron chi connectivity index (χ1n) is 8.26. The highest BCUT2D eigenvalue weighted by Gasteiger charge is 2.18. The number of aromatic nitrogens is 1. The summed E-state index contributed by atoms with van der Waals surface area (Å²) in [5.74, 6) is -0.656. The minimum Gasteiger partial charge on any atom is -0.493 e. The van der Waals surface area contributed by atoms with Crippen LogP contribution in [0.1, 0.15) is 13.8 Å². The van der Waals surface area contributed by atoms with Gasteiger partial charge in [-0.2, -0.15) is 0 Å². The van der Waals surface area contributed by atoms with E-state index < -0.39 is 16.6 Å². The lowest BCUT2D eigenvalue weighted by Gasteiger charge is -2.12. The summed E-state index contributed by atoms with van der Waals surface area (Å²) in [7, 11) is 2.91. The first-order chi connectivity index (χ1) is 13.4. The molecule has 0 aliphatic carbocycles. The molecule has 0 saturated heterocycles. The second kappa shape index (κ2) is 9.32. The van der Waals surface area contributed by atoms with Crippen molar-refractivity contribution < 1.29 is 23.2 Å². The summed E-state index contributed by atoms with van der Waals surface area (Å²) in [6, 6.07) is 6.34. The van der Waals surface area contributed by atoms with Gasteiger partial charge in [0, 0.05) is 22.4 Å². The predicted molar refractivity (Wildman–Crippen MR) is 103 cm³/mol. The Hall–Kier alpha value is -2.94. The lowest BCUT2D eigenvalue weighted by Crippen LogP contribution is -1.95. The fourth-order valence-electron chi connectivity index (χ4n) is 2.37. The quantitative estimate of drug-likeness (QED) is 0.403. The monoisotopic (exact) mass is 408 g/mol. The molecule has 0 fully saturated rings. The van der Waals surface area contributed by atoms with Crippen LogP contribution in [-0.4, -0.2) is 24.1 Å². The summed E-state index contributed by atoms with van der Waals surface area (Å²) >= 11 is 0.814. The second-order valence-corrected chi connectivity index (χ2v) is 6.19. The first-order valence-corrected chi connectivity index (χ1v) is 9.08. The highest BCUT2D eigenvalue weighted by molar-refractivity contribution is 7.99. The van der Waals surface area contributed by atoms with Gasteiger partial charge in [-0.3, -0.25) is 15.1 Å². The average molecular weight is 408 g/mol. The van der Waals surface area contributed by atoms with Crippen LogP contribution in [0.3, 0.4) is 0 Å². The van der Waals surface area contributed by atoms with Gasteiger partial charge >= 0.3 is 0 Å². The molecule has 0 aliphatic heterocycles. The Morgan fingerprint density at radius 2 is 1.68 bits per heavy atom. The van der Waals surface area contributed by atoms with E-state index in [1.165, 1.54) is 20.3 Å². The van der Waals surface area contributed by atoms with Crippen molar-refractivity contribution in [3.8, 4) is 11.5 Å². The van der Waals surface area contributed by atoms with Gasteiger partial charge in [-0.25, -0.2) is 8.78 Å². The van der Waals surface area contributed by atoms with Gasteiger partial charge in [-0.1, -0.05) is 25.6 Å². The van der Waals surface area contributed by atoms with Gasteiger partial charge < -0.3 is 9.47 Å². The molecular formula is C19H18F2N2O4S. The van der Waals surface area contributed by atoms with E-state index in [0.717, 1.165) is 30.1 Å². The molecule has 9 heteroatoms. The number of benzene rings is 2. The molecule has 0 aliphatic rings. The molecular weight excluding hydrogens is 390 g/mol. The Balaban J connectivity index is 0.00000136. The predicted octanol–water partition coefficient (Wildman–Crippen LogP) is 5.62. The van der Waals surface area contributed by atoms with Crippen LogP contribution in [0.4, 0.5) is 14.5 Å². The lowest BCUT2D eigenvalue weighted by molar-refractivity contribution is -0.385. The Bertz CT molecular complexity index is 1010. The minimum absolute atomic E-state index is 0.0526. The first kappa shape index (κ1) is 21.4. The van der Waals surface area contributed by atoms with Gasteiger partial charge in [0.2, 0.25) is 0 Å². The molecule has 0 atom stereocenters. The molecule has 0 saturated carbocycles. The second-order valence-electron chi connectivity index (χ2n) is 5.13. The maximum Gasteiger partial charge on any atom is 0.272 e. The average Bonchev–Trinajstić information content (AvgIpc) is 2.71. The van der Waals surface area contributed by atoms with E-state index in [9.17, 15) is 18.9 Å². The normalized spacial score (nSPS) is 10.2. The number of fused-ring (bicyclic) bond motifs is 1. The topological polar surface area (TPSA) is 74.5 Å². The van der Waals surface area contributed by atoms with Crippen LogP contribution in [0.25, 0.3) is 10.9 Å². The number of methoxy groups -OCH3 is 2. The number of nitrogens with zero attached hydrogens (tertiary/aromatic N) is 2.